The van der Waals surface area contributed by atoms with E-state index in [2.05, 4.69) is 10.3 Å². The molecule has 1 N–H and O–H groups in total. The average Bonchev–Trinajstić information content (AvgIpc) is 2.80. The van der Waals surface area contributed by atoms with Crippen LogP contribution in [0.2, 0.25) is 0 Å². The van der Waals surface area contributed by atoms with Gasteiger partial charge in [0.05, 0.1) is 11.5 Å². The van der Waals surface area contributed by atoms with E-state index in [-0.39, 0.29) is 17.7 Å². The molecule has 5 nitrogen and oxygen atoms in total. The summed E-state index contributed by atoms with van der Waals surface area (Å²) in [6, 6.07) is 13.9. The summed E-state index contributed by atoms with van der Waals surface area (Å²) >= 11 is 1.50. The molecule has 2 aliphatic rings. The number of nitrogens with zero attached hydrogens (tertiary/aromatic N) is 2. The second-order valence-electron chi connectivity index (χ2n) is 8.21. The van der Waals surface area contributed by atoms with Crippen molar-refractivity contribution >= 4 is 23.6 Å². The van der Waals surface area contributed by atoms with Gasteiger partial charge < -0.3 is 10.2 Å². The lowest BCUT2D eigenvalue weighted by Gasteiger charge is -2.33. The Bertz CT molecular complexity index is 868. The van der Waals surface area contributed by atoms with Crippen molar-refractivity contribution in [1.82, 2.24) is 15.2 Å². The van der Waals surface area contributed by atoms with Crippen LogP contribution in [0.5, 0.6) is 0 Å². The molecule has 1 unspecified atom stereocenters. The summed E-state index contributed by atoms with van der Waals surface area (Å²) in [5.74, 6) is -0.0345. The fourth-order valence-corrected chi connectivity index (χ4v) is 5.24. The number of aromatic nitrogens is 1. The predicted molar refractivity (Wildman–Crippen MR) is 118 cm³/mol. The lowest BCUT2D eigenvalue weighted by Crippen LogP contribution is -2.48. The van der Waals surface area contributed by atoms with Crippen molar-refractivity contribution in [2.24, 2.45) is 5.92 Å². The number of rotatable bonds is 5. The fraction of sp³-hybridized carbons (Fsp3) is 0.458. The highest BCUT2D eigenvalue weighted by atomic mass is 32.2. The summed E-state index contributed by atoms with van der Waals surface area (Å²) in [6.07, 6.45) is 9.25. The van der Waals surface area contributed by atoms with Gasteiger partial charge in [0, 0.05) is 30.2 Å². The lowest BCUT2D eigenvalue weighted by molar-refractivity contribution is -0.127. The molecule has 0 spiro atoms. The number of piperidine rings is 1. The normalized spacial score (nSPS) is 20.0. The third kappa shape index (κ3) is 5.22. The predicted octanol–water partition coefficient (Wildman–Crippen LogP) is 4.53. The highest BCUT2D eigenvalue weighted by Crippen LogP contribution is 2.30. The Hall–Kier alpha value is -2.34. The van der Waals surface area contributed by atoms with Gasteiger partial charge in [-0.2, -0.15) is 0 Å². The molecule has 30 heavy (non-hydrogen) atoms. The molecule has 1 saturated carbocycles. The topological polar surface area (TPSA) is 62.3 Å². The van der Waals surface area contributed by atoms with Crippen molar-refractivity contribution in [2.45, 2.75) is 60.9 Å². The van der Waals surface area contributed by atoms with E-state index in [0.717, 1.165) is 30.6 Å². The first-order valence-electron chi connectivity index (χ1n) is 11.0. The van der Waals surface area contributed by atoms with Crippen molar-refractivity contribution in [3.8, 4) is 0 Å². The van der Waals surface area contributed by atoms with Gasteiger partial charge in [-0.25, -0.2) is 4.98 Å². The maximum Gasteiger partial charge on any atom is 0.256 e. The van der Waals surface area contributed by atoms with Crippen molar-refractivity contribution < 1.29 is 9.59 Å². The Kier molecular flexibility index (Phi) is 7.05. The first kappa shape index (κ1) is 20.9. The third-order valence-electron chi connectivity index (χ3n) is 5.99. The van der Waals surface area contributed by atoms with Crippen LogP contribution in [-0.4, -0.2) is 40.8 Å². The highest BCUT2D eigenvalue weighted by molar-refractivity contribution is 7.99. The molecule has 4 rings (SSSR count). The standard InChI is InChI=1S/C24H29N3O2S/c28-22(26-19-10-3-1-4-11-19)18-9-8-16-27(17-18)24(29)21-14-7-15-25-23(21)30-20-12-5-2-6-13-20/h2,5-7,12-15,18-19H,1,3-4,8-11,16-17H2,(H,26,28). The van der Waals surface area contributed by atoms with Gasteiger partial charge in [-0.05, 0) is 49.9 Å². The average molecular weight is 424 g/mol. The van der Waals surface area contributed by atoms with Crippen molar-refractivity contribution in [3.05, 3.63) is 54.2 Å². The van der Waals surface area contributed by atoms with Crippen molar-refractivity contribution in [1.29, 1.82) is 0 Å². The minimum Gasteiger partial charge on any atom is -0.353 e. The van der Waals surface area contributed by atoms with E-state index >= 15 is 0 Å². The van der Waals surface area contributed by atoms with E-state index in [1.807, 2.05) is 41.3 Å². The van der Waals surface area contributed by atoms with Crippen molar-refractivity contribution in [2.75, 3.05) is 13.1 Å². The van der Waals surface area contributed by atoms with E-state index in [1.54, 1.807) is 12.3 Å². The van der Waals surface area contributed by atoms with Crippen LogP contribution in [0, 0.1) is 5.92 Å². The van der Waals surface area contributed by atoms with Crippen molar-refractivity contribution in [3.63, 3.8) is 0 Å². The van der Waals surface area contributed by atoms with Gasteiger partial charge >= 0.3 is 0 Å². The molecule has 1 saturated heterocycles. The van der Waals surface area contributed by atoms with Crippen LogP contribution in [0.3, 0.4) is 0 Å². The number of benzene rings is 1. The molecule has 6 heteroatoms. The number of carbonyl (C=O) groups excluding carboxylic acids is 2. The van der Waals surface area contributed by atoms with E-state index in [0.29, 0.717) is 29.7 Å². The molecule has 2 heterocycles. The quantitative estimate of drug-likeness (QED) is 0.767. The number of likely N-dealkylation sites (tertiary alicyclic amines) is 1. The number of amides is 2. The van der Waals surface area contributed by atoms with Gasteiger partial charge in [-0.3, -0.25) is 9.59 Å². The minimum atomic E-state index is -0.119. The van der Waals surface area contributed by atoms with Crippen LogP contribution in [0.25, 0.3) is 0 Å². The highest BCUT2D eigenvalue weighted by Gasteiger charge is 2.31. The van der Waals surface area contributed by atoms with Gasteiger partial charge in [-0.15, -0.1) is 0 Å². The third-order valence-corrected chi connectivity index (χ3v) is 7.02. The Morgan fingerprint density at radius 2 is 1.77 bits per heavy atom. The van der Waals surface area contributed by atoms with Gasteiger partial charge in [0.25, 0.3) is 5.91 Å². The Balaban J connectivity index is 1.42. The largest absolute Gasteiger partial charge is 0.353 e. The lowest BCUT2D eigenvalue weighted by atomic mass is 9.93. The molecule has 2 aromatic rings. The van der Waals surface area contributed by atoms with E-state index in [4.69, 9.17) is 0 Å². The number of nitrogens with one attached hydrogen (secondary N) is 1. The second-order valence-corrected chi connectivity index (χ2v) is 9.27. The molecule has 2 fully saturated rings. The van der Waals surface area contributed by atoms with Gasteiger partial charge in [0.1, 0.15) is 5.03 Å². The Morgan fingerprint density at radius 3 is 2.57 bits per heavy atom. The first-order chi connectivity index (χ1) is 14.7. The maximum atomic E-state index is 13.3. The summed E-state index contributed by atoms with van der Waals surface area (Å²) in [7, 11) is 0. The van der Waals surface area contributed by atoms with Crippen LogP contribution in [0.4, 0.5) is 0 Å². The number of hydrogen-bond acceptors (Lipinski definition) is 4. The molecule has 1 atom stereocenters. The number of pyridine rings is 1. The molecule has 1 aliphatic heterocycles. The summed E-state index contributed by atoms with van der Waals surface area (Å²) in [5, 5.41) is 3.95. The molecule has 1 aliphatic carbocycles. The van der Waals surface area contributed by atoms with Crippen LogP contribution < -0.4 is 5.32 Å². The zero-order chi connectivity index (χ0) is 20.8. The smallest absolute Gasteiger partial charge is 0.256 e. The Labute approximate surface area is 182 Å². The number of hydrogen-bond donors (Lipinski definition) is 1. The monoisotopic (exact) mass is 423 g/mol. The van der Waals surface area contributed by atoms with E-state index < -0.39 is 0 Å². The summed E-state index contributed by atoms with van der Waals surface area (Å²) in [6.45, 7) is 1.18. The molecule has 0 radical (unpaired) electrons. The second kappa shape index (κ2) is 10.1. The molecule has 0 bridgehead atoms. The van der Waals surface area contributed by atoms with Crippen LogP contribution in [0.1, 0.15) is 55.3 Å². The molecule has 2 amide bonds. The maximum absolute atomic E-state index is 13.3. The Morgan fingerprint density at radius 1 is 0.967 bits per heavy atom. The molecular weight excluding hydrogens is 394 g/mol. The molecule has 1 aromatic carbocycles. The van der Waals surface area contributed by atoms with Gasteiger partial charge in [0.15, 0.2) is 0 Å². The summed E-state index contributed by atoms with van der Waals surface area (Å²) in [5.41, 5.74) is 0.611. The first-order valence-corrected chi connectivity index (χ1v) is 11.8. The van der Waals surface area contributed by atoms with Crippen LogP contribution >= 0.6 is 11.8 Å². The van der Waals surface area contributed by atoms with Gasteiger partial charge in [-0.1, -0.05) is 49.2 Å². The fourth-order valence-electron chi connectivity index (χ4n) is 4.35. The van der Waals surface area contributed by atoms with Gasteiger partial charge in [0.2, 0.25) is 5.91 Å². The summed E-state index contributed by atoms with van der Waals surface area (Å²) in [4.78, 5) is 33.5. The SMILES string of the molecule is O=C(NC1CCCCC1)C1CCCN(C(=O)c2cccnc2Sc2ccccc2)C1. The summed E-state index contributed by atoms with van der Waals surface area (Å²) < 4.78 is 0. The molecular formula is C24H29N3O2S. The minimum absolute atomic E-state index is 0.0308. The van der Waals surface area contributed by atoms with Crippen LogP contribution in [0.15, 0.2) is 58.6 Å². The van der Waals surface area contributed by atoms with E-state index in [9.17, 15) is 9.59 Å². The number of carbonyl (C=O) groups is 2. The zero-order valence-corrected chi connectivity index (χ0v) is 18.1. The van der Waals surface area contributed by atoms with Crippen LogP contribution in [-0.2, 0) is 4.79 Å². The molecule has 158 valence electrons. The molecule has 1 aromatic heterocycles. The zero-order valence-electron chi connectivity index (χ0n) is 17.3. The van der Waals surface area contributed by atoms with E-state index in [1.165, 1.54) is 31.0 Å².